The van der Waals surface area contributed by atoms with Crippen LogP contribution in [0, 0.1) is 5.92 Å². The number of ether oxygens (including phenoxy) is 2. The lowest BCUT2D eigenvalue weighted by atomic mass is 10.00. The Hall–Kier alpha value is -1.55. The van der Waals surface area contributed by atoms with Crippen LogP contribution in [0.15, 0.2) is 24.3 Å². The number of nitrogens with zero attached hydrogens (tertiary/aromatic N) is 1. The summed E-state index contributed by atoms with van der Waals surface area (Å²) in [7, 11) is 3.80. The lowest BCUT2D eigenvalue weighted by molar-refractivity contribution is -0.154. The summed E-state index contributed by atoms with van der Waals surface area (Å²) in [5, 5.41) is 0. The van der Waals surface area contributed by atoms with Gasteiger partial charge in [0.05, 0.1) is 13.0 Å². The maximum atomic E-state index is 12.1. The minimum absolute atomic E-state index is 0.116. The van der Waals surface area contributed by atoms with Crippen molar-refractivity contribution in [3.8, 4) is 5.75 Å². The number of hydrogen-bond acceptors (Lipinski definition) is 4. The maximum Gasteiger partial charge on any atom is 0.308 e. The van der Waals surface area contributed by atoms with Gasteiger partial charge in [-0.15, -0.1) is 0 Å². The van der Waals surface area contributed by atoms with E-state index in [0.29, 0.717) is 6.04 Å². The van der Waals surface area contributed by atoms with Gasteiger partial charge in [-0.3, -0.25) is 4.79 Å². The molecule has 0 saturated carbocycles. The molecule has 1 fully saturated rings. The lowest BCUT2D eigenvalue weighted by Gasteiger charge is -2.26. The Labute approximate surface area is 133 Å². The third kappa shape index (κ3) is 4.23. The summed E-state index contributed by atoms with van der Waals surface area (Å²) >= 11 is 0. The first-order chi connectivity index (χ1) is 10.5. The van der Waals surface area contributed by atoms with Crippen molar-refractivity contribution in [3.63, 3.8) is 0 Å². The molecular weight excluding hydrogens is 278 g/mol. The number of carbonyl (C=O) groups is 1. The van der Waals surface area contributed by atoms with E-state index in [2.05, 4.69) is 11.9 Å². The van der Waals surface area contributed by atoms with Crippen molar-refractivity contribution in [1.82, 2.24) is 4.90 Å². The van der Waals surface area contributed by atoms with E-state index in [1.54, 1.807) is 7.11 Å². The standard InChI is InChI=1S/C18H27NO3/c1-13(2)18(20)22-17(12-15-8-6-10-19(15)3)14-7-5-9-16(11-14)21-4/h5,7,9,11,13,15,17H,6,8,10,12H2,1-4H3. The number of esters is 1. The van der Waals surface area contributed by atoms with Crippen molar-refractivity contribution >= 4 is 5.97 Å². The molecule has 1 aliphatic heterocycles. The largest absolute Gasteiger partial charge is 0.497 e. The highest BCUT2D eigenvalue weighted by molar-refractivity contribution is 5.71. The Balaban J connectivity index is 2.17. The Morgan fingerprint density at radius 2 is 2.18 bits per heavy atom. The quantitative estimate of drug-likeness (QED) is 0.755. The van der Waals surface area contributed by atoms with Gasteiger partial charge in [0.25, 0.3) is 0 Å². The van der Waals surface area contributed by atoms with E-state index < -0.39 is 0 Å². The Morgan fingerprint density at radius 3 is 2.77 bits per heavy atom. The van der Waals surface area contributed by atoms with Crippen molar-refractivity contribution in [2.45, 2.75) is 45.3 Å². The minimum Gasteiger partial charge on any atom is -0.497 e. The first-order valence-electron chi connectivity index (χ1n) is 8.06. The zero-order valence-electron chi connectivity index (χ0n) is 14.0. The summed E-state index contributed by atoms with van der Waals surface area (Å²) < 4.78 is 11.1. The number of carbonyl (C=O) groups excluding carboxylic acids is 1. The molecule has 0 N–H and O–H groups in total. The van der Waals surface area contributed by atoms with E-state index in [9.17, 15) is 4.79 Å². The highest BCUT2D eigenvalue weighted by Gasteiger charge is 2.28. The fourth-order valence-corrected chi connectivity index (χ4v) is 2.89. The molecule has 0 aliphatic carbocycles. The molecule has 1 saturated heterocycles. The van der Waals surface area contributed by atoms with Gasteiger partial charge in [-0.2, -0.15) is 0 Å². The minimum atomic E-state index is -0.212. The van der Waals surface area contributed by atoms with Crippen LogP contribution in [-0.4, -0.2) is 37.6 Å². The van der Waals surface area contributed by atoms with Gasteiger partial charge in [0.1, 0.15) is 11.9 Å². The normalized spacial score (nSPS) is 20.1. The molecule has 0 spiro atoms. The first kappa shape index (κ1) is 16.8. The van der Waals surface area contributed by atoms with E-state index in [4.69, 9.17) is 9.47 Å². The molecule has 0 aromatic heterocycles. The molecule has 2 atom stereocenters. The molecule has 0 amide bonds. The van der Waals surface area contributed by atoms with Gasteiger partial charge in [0, 0.05) is 12.5 Å². The van der Waals surface area contributed by atoms with Gasteiger partial charge < -0.3 is 14.4 Å². The summed E-state index contributed by atoms with van der Waals surface area (Å²) in [6, 6.07) is 8.30. The number of methoxy groups -OCH3 is 1. The maximum absolute atomic E-state index is 12.1. The van der Waals surface area contributed by atoms with E-state index >= 15 is 0 Å². The van der Waals surface area contributed by atoms with Gasteiger partial charge in [0.2, 0.25) is 0 Å². The number of benzene rings is 1. The zero-order chi connectivity index (χ0) is 16.1. The van der Waals surface area contributed by atoms with Crippen molar-refractivity contribution in [2.24, 2.45) is 5.92 Å². The average Bonchev–Trinajstić information content (AvgIpc) is 2.91. The molecule has 0 bridgehead atoms. The SMILES string of the molecule is COc1cccc(C(CC2CCCN2C)OC(=O)C(C)C)c1. The van der Waals surface area contributed by atoms with Crippen LogP contribution < -0.4 is 4.74 Å². The molecule has 4 nitrogen and oxygen atoms in total. The van der Waals surface area contributed by atoms with Gasteiger partial charge in [-0.05, 0) is 44.1 Å². The summed E-state index contributed by atoms with van der Waals surface area (Å²) in [6.45, 7) is 4.85. The average molecular weight is 305 g/mol. The molecule has 1 aliphatic rings. The molecule has 2 rings (SSSR count). The summed E-state index contributed by atoms with van der Waals surface area (Å²) in [5.41, 5.74) is 1.01. The van der Waals surface area contributed by atoms with Gasteiger partial charge >= 0.3 is 5.97 Å². The molecule has 1 aromatic rings. The highest BCUT2D eigenvalue weighted by atomic mass is 16.5. The fourth-order valence-electron chi connectivity index (χ4n) is 2.89. The van der Waals surface area contributed by atoms with E-state index in [1.807, 2.05) is 38.1 Å². The van der Waals surface area contributed by atoms with Crippen LogP contribution in [0.25, 0.3) is 0 Å². The topological polar surface area (TPSA) is 38.8 Å². The highest BCUT2D eigenvalue weighted by Crippen LogP contribution is 2.31. The van der Waals surface area contributed by atoms with Crippen LogP contribution in [0.3, 0.4) is 0 Å². The Kier molecular flexibility index (Phi) is 5.83. The second-order valence-corrected chi connectivity index (χ2v) is 6.37. The predicted molar refractivity (Wildman–Crippen MR) is 86.9 cm³/mol. The molecule has 1 aromatic carbocycles. The van der Waals surface area contributed by atoms with E-state index in [1.165, 1.54) is 6.42 Å². The van der Waals surface area contributed by atoms with Gasteiger partial charge in [0.15, 0.2) is 0 Å². The van der Waals surface area contributed by atoms with Crippen molar-refractivity contribution < 1.29 is 14.3 Å². The molecule has 1 heterocycles. The van der Waals surface area contributed by atoms with Crippen LogP contribution >= 0.6 is 0 Å². The van der Waals surface area contributed by atoms with Crippen LogP contribution in [0.2, 0.25) is 0 Å². The number of hydrogen-bond donors (Lipinski definition) is 0. The Bertz CT molecular complexity index is 501. The predicted octanol–water partition coefficient (Wildman–Crippen LogP) is 3.42. The van der Waals surface area contributed by atoms with Crippen molar-refractivity contribution in [2.75, 3.05) is 20.7 Å². The second kappa shape index (κ2) is 7.63. The zero-order valence-corrected chi connectivity index (χ0v) is 14.0. The van der Waals surface area contributed by atoms with Crippen LogP contribution in [0.5, 0.6) is 5.75 Å². The number of likely N-dealkylation sites (tertiary alicyclic amines) is 1. The first-order valence-corrected chi connectivity index (χ1v) is 8.06. The summed E-state index contributed by atoms with van der Waals surface area (Å²) in [6.07, 6.45) is 3.00. The molecular formula is C18H27NO3. The summed E-state index contributed by atoms with van der Waals surface area (Å²) in [5.74, 6) is 0.533. The van der Waals surface area contributed by atoms with Crippen LogP contribution in [0.4, 0.5) is 0 Å². The van der Waals surface area contributed by atoms with Crippen LogP contribution in [-0.2, 0) is 9.53 Å². The number of rotatable bonds is 6. The molecule has 22 heavy (non-hydrogen) atoms. The van der Waals surface area contributed by atoms with Crippen molar-refractivity contribution in [1.29, 1.82) is 0 Å². The van der Waals surface area contributed by atoms with Crippen LogP contribution in [0.1, 0.15) is 44.8 Å². The molecule has 0 radical (unpaired) electrons. The molecule has 122 valence electrons. The fraction of sp³-hybridized carbons (Fsp3) is 0.611. The van der Waals surface area contributed by atoms with Gasteiger partial charge in [-0.1, -0.05) is 26.0 Å². The van der Waals surface area contributed by atoms with Crippen molar-refractivity contribution in [3.05, 3.63) is 29.8 Å². The molecule has 4 heteroatoms. The Morgan fingerprint density at radius 1 is 1.41 bits per heavy atom. The summed E-state index contributed by atoms with van der Waals surface area (Å²) in [4.78, 5) is 14.4. The third-order valence-corrected chi connectivity index (χ3v) is 4.35. The van der Waals surface area contributed by atoms with E-state index in [0.717, 1.165) is 30.7 Å². The van der Waals surface area contributed by atoms with Gasteiger partial charge in [-0.25, -0.2) is 0 Å². The van der Waals surface area contributed by atoms with E-state index in [-0.39, 0.29) is 18.0 Å². The smallest absolute Gasteiger partial charge is 0.308 e. The lowest BCUT2D eigenvalue weighted by Crippen LogP contribution is -2.28. The monoisotopic (exact) mass is 305 g/mol. The second-order valence-electron chi connectivity index (χ2n) is 6.37. The molecule has 2 unspecified atom stereocenters. The third-order valence-electron chi connectivity index (χ3n) is 4.35.